The van der Waals surface area contributed by atoms with Crippen LogP contribution in [-0.2, 0) is 29.1 Å². The van der Waals surface area contributed by atoms with Gasteiger partial charge in [-0.2, -0.15) is 4.31 Å². The Labute approximate surface area is 393 Å². The quantitative estimate of drug-likeness (QED) is 0.107. The molecule has 0 unspecified atom stereocenters. The summed E-state index contributed by atoms with van der Waals surface area (Å²) in [6, 6.07) is 23.3. The zero-order chi connectivity index (χ0) is 47.9. The zero-order valence-electron chi connectivity index (χ0n) is 38.2. The maximum absolute atomic E-state index is 13.7. The molecule has 66 heavy (non-hydrogen) atoms. The highest BCUT2D eigenvalue weighted by molar-refractivity contribution is 9.10. The molecule has 5 aromatic rings. The Bertz CT molecular complexity index is 2570. The van der Waals surface area contributed by atoms with Crippen molar-refractivity contribution in [1.29, 1.82) is 0 Å². The van der Waals surface area contributed by atoms with Gasteiger partial charge in [0.25, 0.3) is 0 Å². The van der Waals surface area contributed by atoms with E-state index in [1.54, 1.807) is 31.1 Å². The molecule has 4 amide bonds. The number of nitrogens with zero attached hydrogens (tertiary/aromatic N) is 6. The number of aromatic amines is 2. The first-order valence-corrected chi connectivity index (χ1v) is 24.0. The van der Waals surface area contributed by atoms with Crippen molar-refractivity contribution < 1.29 is 37.1 Å². The molecule has 0 aliphatic carbocycles. The number of carbonyl (C=O) groups excluding carboxylic acids is 4. The standard InChI is InChI=1S/C26H31N5O3.C20H26BrN5O5S/c1-17(2)23(29-26(33)34-4)25(32)31-16-30(20-8-6-5-7-9-20)15-22(31)24-27-14-21(28-24)19-12-10-18(3)11-13-19;1-12(2)17(24-20(28)31-3)19(27)26-11-25(32(4,29)30)10-16(26)18-22-9-15(23-18)13-5-7-14(21)8-6-13/h5-14,17,22-23H,15-16H2,1-4H3,(H,27,28)(H,29,33);5-9,12,16-17H,10-11H2,1-4H3,(H,22,23)(H,24,28)/t22-,23-;16-,17-/m00/s1. The number of hydrogen-bond donors (Lipinski definition) is 4. The van der Waals surface area contributed by atoms with Crippen LogP contribution in [0.5, 0.6) is 0 Å². The number of alkyl carbamates (subject to hydrolysis) is 2. The Morgan fingerprint density at radius 3 is 1.61 bits per heavy atom. The van der Waals surface area contributed by atoms with Crippen molar-refractivity contribution in [1.82, 2.24) is 44.7 Å². The first-order chi connectivity index (χ1) is 31.4. The number of halogens is 1. The molecule has 0 bridgehead atoms. The third-order valence-electron chi connectivity index (χ3n) is 11.4. The number of nitrogens with one attached hydrogen (secondary N) is 4. The van der Waals surface area contributed by atoms with Crippen molar-refractivity contribution in [2.75, 3.05) is 51.8 Å². The maximum Gasteiger partial charge on any atom is 0.407 e. The van der Waals surface area contributed by atoms with E-state index in [2.05, 4.69) is 87.3 Å². The van der Waals surface area contributed by atoms with Gasteiger partial charge in [0.1, 0.15) is 35.8 Å². The van der Waals surface area contributed by atoms with Crippen LogP contribution in [0.2, 0.25) is 0 Å². The lowest BCUT2D eigenvalue weighted by molar-refractivity contribution is -0.136. The van der Waals surface area contributed by atoms with Gasteiger partial charge in [0.05, 0.1) is 57.6 Å². The molecule has 2 aromatic heterocycles. The third kappa shape index (κ3) is 11.8. The summed E-state index contributed by atoms with van der Waals surface area (Å²) >= 11 is 3.40. The van der Waals surface area contributed by atoms with Crippen molar-refractivity contribution in [2.24, 2.45) is 11.8 Å². The van der Waals surface area contributed by atoms with Crippen LogP contribution in [0.4, 0.5) is 15.3 Å². The minimum atomic E-state index is -3.55. The summed E-state index contributed by atoms with van der Waals surface area (Å²) in [6.07, 6.45) is 3.20. The largest absolute Gasteiger partial charge is 0.453 e. The van der Waals surface area contributed by atoms with Gasteiger partial charge in [-0.25, -0.2) is 28.0 Å². The van der Waals surface area contributed by atoms with Crippen molar-refractivity contribution in [3.8, 4) is 22.5 Å². The van der Waals surface area contributed by atoms with Gasteiger partial charge in [0.2, 0.25) is 21.8 Å². The number of para-hydroxylation sites is 1. The molecule has 7 rings (SSSR count). The summed E-state index contributed by atoms with van der Waals surface area (Å²) in [6.45, 7) is 10.3. The first kappa shape index (κ1) is 49.2. The van der Waals surface area contributed by atoms with E-state index in [1.807, 2.05) is 68.4 Å². The number of imidazole rings is 2. The molecule has 2 fully saturated rings. The van der Waals surface area contributed by atoms with Gasteiger partial charge in [-0.3, -0.25) is 9.59 Å². The lowest BCUT2D eigenvalue weighted by Gasteiger charge is -2.29. The summed E-state index contributed by atoms with van der Waals surface area (Å²) in [5.74, 6) is 0.230. The number of carbonyl (C=O) groups is 4. The van der Waals surface area contributed by atoms with Gasteiger partial charge < -0.3 is 44.8 Å². The predicted molar refractivity (Wildman–Crippen MR) is 253 cm³/mol. The van der Waals surface area contributed by atoms with Crippen LogP contribution < -0.4 is 15.5 Å². The Balaban J connectivity index is 0.000000219. The number of H-pyrrole nitrogens is 2. The Kier molecular flexibility index (Phi) is 15.9. The number of ether oxygens (including phenoxy) is 2. The van der Waals surface area contributed by atoms with Gasteiger partial charge in [0, 0.05) is 23.2 Å². The van der Waals surface area contributed by atoms with Crippen LogP contribution in [0.15, 0.2) is 95.7 Å². The monoisotopic (exact) mass is 988 g/mol. The number of methoxy groups -OCH3 is 2. The predicted octanol–water partition coefficient (Wildman–Crippen LogP) is 6.44. The van der Waals surface area contributed by atoms with Crippen LogP contribution in [0, 0.1) is 18.8 Å². The van der Waals surface area contributed by atoms with Gasteiger partial charge in [-0.1, -0.05) is 104 Å². The molecular weight excluding hydrogens is 933 g/mol. The van der Waals surface area contributed by atoms with Crippen LogP contribution in [0.1, 0.15) is 57.0 Å². The second-order valence-corrected chi connectivity index (χ2v) is 19.7. The minimum Gasteiger partial charge on any atom is -0.453 e. The number of benzene rings is 3. The summed E-state index contributed by atoms with van der Waals surface area (Å²) in [5, 5.41) is 5.25. The van der Waals surface area contributed by atoms with Gasteiger partial charge in [-0.15, -0.1) is 0 Å². The molecule has 2 saturated heterocycles. The lowest BCUT2D eigenvalue weighted by Crippen LogP contribution is -2.51. The highest BCUT2D eigenvalue weighted by Gasteiger charge is 2.44. The molecular formula is C46H57BrN10O8S. The second-order valence-electron chi connectivity index (χ2n) is 16.8. The Hall–Kier alpha value is -6.25. The van der Waals surface area contributed by atoms with E-state index in [0.717, 1.165) is 38.9 Å². The van der Waals surface area contributed by atoms with E-state index in [-0.39, 0.29) is 37.0 Å². The Morgan fingerprint density at radius 1 is 0.697 bits per heavy atom. The molecule has 0 saturated carbocycles. The van der Waals surface area contributed by atoms with Crippen molar-refractivity contribution in [3.63, 3.8) is 0 Å². The fraction of sp³-hybridized carbons (Fsp3) is 0.391. The number of hydrogen-bond acceptors (Lipinski definition) is 11. The van der Waals surface area contributed by atoms with Crippen LogP contribution in [0.3, 0.4) is 0 Å². The molecule has 3 aromatic carbocycles. The summed E-state index contributed by atoms with van der Waals surface area (Å²) < 4.78 is 36.0. The first-order valence-electron chi connectivity index (χ1n) is 21.4. The molecule has 4 heterocycles. The smallest absolute Gasteiger partial charge is 0.407 e. The molecule has 18 nitrogen and oxygen atoms in total. The van der Waals surface area contributed by atoms with Crippen molar-refractivity contribution in [2.45, 2.75) is 58.8 Å². The van der Waals surface area contributed by atoms with E-state index in [4.69, 9.17) is 4.74 Å². The summed E-state index contributed by atoms with van der Waals surface area (Å²) in [7, 11) is -1.04. The SMILES string of the molecule is COC(=O)N[C@H](C(=O)N1CN(S(C)(=O)=O)C[C@H]1c1ncc(-c2ccc(Br)cc2)[nH]1)C(C)C.COC(=O)N[C@H](C(=O)N1CN(c2ccccc2)C[C@H]1c1ncc(-c2ccc(C)cc2)[nH]1)C(C)C. The van der Waals surface area contributed by atoms with Gasteiger partial charge in [0.15, 0.2) is 0 Å². The number of amides is 4. The average molecular weight is 990 g/mol. The fourth-order valence-corrected chi connectivity index (χ4v) is 8.68. The lowest BCUT2D eigenvalue weighted by atomic mass is 10.0. The van der Waals surface area contributed by atoms with Crippen LogP contribution in [-0.4, -0.2) is 125 Å². The van der Waals surface area contributed by atoms with Crippen molar-refractivity contribution in [3.05, 3.63) is 113 Å². The van der Waals surface area contributed by atoms with E-state index < -0.39 is 46.2 Å². The minimum absolute atomic E-state index is 0.0565. The molecule has 4 atom stereocenters. The molecule has 352 valence electrons. The van der Waals surface area contributed by atoms with E-state index >= 15 is 0 Å². The second kappa shape index (κ2) is 21.4. The molecule has 2 aliphatic rings. The van der Waals surface area contributed by atoms with Gasteiger partial charge in [-0.05, 0) is 54.2 Å². The van der Waals surface area contributed by atoms with E-state index in [9.17, 15) is 27.6 Å². The fourth-order valence-electron chi connectivity index (χ4n) is 7.67. The van der Waals surface area contributed by atoms with E-state index in [0.29, 0.717) is 24.9 Å². The molecule has 2 aliphatic heterocycles. The third-order valence-corrected chi connectivity index (χ3v) is 13.2. The highest BCUT2D eigenvalue weighted by atomic mass is 79.9. The Morgan fingerprint density at radius 2 is 1.15 bits per heavy atom. The molecule has 0 radical (unpaired) electrons. The number of sulfonamides is 1. The average Bonchev–Trinajstić information content (AvgIpc) is 4.14. The highest BCUT2D eigenvalue weighted by Crippen LogP contribution is 2.34. The summed E-state index contributed by atoms with van der Waals surface area (Å²) in [4.78, 5) is 71.9. The molecule has 0 spiro atoms. The number of aryl methyl sites for hydroxylation is 1. The van der Waals surface area contributed by atoms with Crippen LogP contribution in [0.25, 0.3) is 22.5 Å². The number of rotatable bonds is 12. The molecule has 20 heteroatoms. The number of anilines is 1. The van der Waals surface area contributed by atoms with Gasteiger partial charge >= 0.3 is 12.2 Å². The van der Waals surface area contributed by atoms with Crippen molar-refractivity contribution >= 4 is 55.6 Å². The number of aromatic nitrogens is 4. The molecule has 4 N–H and O–H groups in total. The van der Waals surface area contributed by atoms with E-state index in [1.165, 1.54) is 29.0 Å². The normalized spacial score (nSPS) is 17.3. The maximum atomic E-state index is 13.7. The zero-order valence-corrected chi connectivity index (χ0v) is 40.6. The topological polar surface area (TPSA) is 215 Å². The summed E-state index contributed by atoms with van der Waals surface area (Å²) in [5.41, 5.74) is 5.78. The van der Waals surface area contributed by atoms with Crippen LogP contribution >= 0.6 is 15.9 Å².